The molecule has 0 aromatic carbocycles. The zero-order valence-corrected chi connectivity index (χ0v) is 8.40. The Hall–Kier alpha value is -0.650. The van der Waals surface area contributed by atoms with E-state index in [2.05, 4.69) is 5.32 Å². The summed E-state index contributed by atoms with van der Waals surface area (Å²) in [5.41, 5.74) is 5.42. The lowest BCUT2D eigenvalue weighted by atomic mass is 10.2. The summed E-state index contributed by atoms with van der Waals surface area (Å²) in [7, 11) is 0. The number of aliphatic hydroxyl groups is 1. The fourth-order valence-corrected chi connectivity index (χ4v) is 1.43. The van der Waals surface area contributed by atoms with Crippen molar-refractivity contribution in [2.45, 2.75) is 38.1 Å². The summed E-state index contributed by atoms with van der Waals surface area (Å²) in [6.07, 6.45) is 0.654. The van der Waals surface area contributed by atoms with Gasteiger partial charge in [-0.15, -0.1) is 0 Å². The number of carbonyl (C=O) groups is 1. The van der Waals surface area contributed by atoms with Gasteiger partial charge in [-0.2, -0.15) is 0 Å². The second kappa shape index (κ2) is 5.29. The van der Waals surface area contributed by atoms with Crippen LogP contribution in [0.5, 0.6) is 0 Å². The van der Waals surface area contributed by atoms with Crippen molar-refractivity contribution in [1.82, 2.24) is 5.32 Å². The first kappa shape index (κ1) is 11.4. The van der Waals surface area contributed by atoms with Gasteiger partial charge < -0.3 is 20.9 Å². The van der Waals surface area contributed by atoms with Gasteiger partial charge in [0.05, 0.1) is 12.2 Å². The number of nitrogens with one attached hydrogen (secondary N) is 1. The van der Waals surface area contributed by atoms with Crippen LogP contribution in [-0.4, -0.2) is 42.4 Å². The maximum absolute atomic E-state index is 11.4. The van der Waals surface area contributed by atoms with Crippen molar-refractivity contribution >= 4 is 5.91 Å². The Balaban J connectivity index is 2.25. The van der Waals surface area contributed by atoms with Gasteiger partial charge in [0.25, 0.3) is 0 Å². The largest absolute Gasteiger partial charge is 0.392 e. The van der Waals surface area contributed by atoms with Gasteiger partial charge in [-0.25, -0.2) is 0 Å². The number of carbonyl (C=O) groups excluding carboxylic acids is 1. The van der Waals surface area contributed by atoms with Crippen LogP contribution in [0.3, 0.4) is 0 Å². The standard InChI is InChI=1S/C9H18N2O3/c1-6(12)5-11-9(13)8-3-2-7(4-10)14-8/h6-8,12H,2-5,10H2,1H3,(H,11,13)/t6-,7?,8?/m0/s1. The van der Waals surface area contributed by atoms with Crippen molar-refractivity contribution in [2.75, 3.05) is 13.1 Å². The Labute approximate surface area is 83.6 Å². The minimum atomic E-state index is -0.523. The molecule has 0 bridgehead atoms. The fourth-order valence-electron chi connectivity index (χ4n) is 1.43. The average molecular weight is 202 g/mol. The summed E-state index contributed by atoms with van der Waals surface area (Å²) in [6, 6.07) is 0. The van der Waals surface area contributed by atoms with E-state index >= 15 is 0 Å². The van der Waals surface area contributed by atoms with E-state index in [9.17, 15) is 4.79 Å². The van der Waals surface area contributed by atoms with Crippen molar-refractivity contribution in [3.8, 4) is 0 Å². The van der Waals surface area contributed by atoms with Crippen LogP contribution in [0.2, 0.25) is 0 Å². The second-order valence-electron chi connectivity index (χ2n) is 3.65. The molecule has 82 valence electrons. The Morgan fingerprint density at radius 3 is 2.93 bits per heavy atom. The summed E-state index contributed by atoms with van der Waals surface area (Å²) in [6.45, 7) is 2.35. The van der Waals surface area contributed by atoms with Gasteiger partial charge in [0, 0.05) is 13.1 Å². The monoisotopic (exact) mass is 202 g/mol. The van der Waals surface area contributed by atoms with E-state index in [1.54, 1.807) is 6.92 Å². The quantitative estimate of drug-likeness (QED) is 0.545. The van der Waals surface area contributed by atoms with Crippen molar-refractivity contribution in [1.29, 1.82) is 0 Å². The van der Waals surface area contributed by atoms with E-state index in [1.165, 1.54) is 0 Å². The molecule has 1 aliphatic heterocycles. The molecule has 0 radical (unpaired) electrons. The molecule has 1 aliphatic rings. The fraction of sp³-hybridized carbons (Fsp3) is 0.889. The zero-order valence-electron chi connectivity index (χ0n) is 8.40. The van der Waals surface area contributed by atoms with Crippen LogP contribution in [0, 0.1) is 0 Å². The minimum Gasteiger partial charge on any atom is -0.392 e. The topological polar surface area (TPSA) is 84.6 Å². The lowest BCUT2D eigenvalue weighted by molar-refractivity contribution is -0.132. The third kappa shape index (κ3) is 3.25. The van der Waals surface area contributed by atoms with Crippen molar-refractivity contribution in [3.05, 3.63) is 0 Å². The first-order valence-corrected chi connectivity index (χ1v) is 4.94. The summed E-state index contributed by atoms with van der Waals surface area (Å²) in [5.74, 6) is -0.151. The van der Waals surface area contributed by atoms with Gasteiger partial charge in [-0.1, -0.05) is 0 Å². The highest BCUT2D eigenvalue weighted by molar-refractivity contribution is 5.81. The van der Waals surface area contributed by atoms with E-state index in [1.807, 2.05) is 0 Å². The Kier molecular flexibility index (Phi) is 4.31. The summed E-state index contributed by atoms with van der Waals surface area (Å²) in [4.78, 5) is 11.4. The van der Waals surface area contributed by atoms with Crippen LogP contribution in [0.15, 0.2) is 0 Å². The van der Waals surface area contributed by atoms with Crippen molar-refractivity contribution in [3.63, 3.8) is 0 Å². The van der Waals surface area contributed by atoms with Crippen LogP contribution in [0.1, 0.15) is 19.8 Å². The number of ether oxygens (including phenoxy) is 1. The van der Waals surface area contributed by atoms with Crippen molar-refractivity contribution in [2.24, 2.45) is 5.73 Å². The number of hydrogen-bond acceptors (Lipinski definition) is 4. The Bertz CT molecular complexity index is 196. The molecule has 0 saturated carbocycles. The van der Waals surface area contributed by atoms with E-state index in [-0.39, 0.29) is 24.7 Å². The van der Waals surface area contributed by atoms with Gasteiger partial charge in [-0.05, 0) is 19.8 Å². The molecule has 0 aromatic heterocycles. The minimum absolute atomic E-state index is 0.0114. The number of hydrogen-bond donors (Lipinski definition) is 3. The molecule has 3 atom stereocenters. The van der Waals surface area contributed by atoms with Gasteiger partial charge in [0.2, 0.25) is 5.91 Å². The first-order chi connectivity index (χ1) is 6.63. The van der Waals surface area contributed by atoms with Crippen LogP contribution < -0.4 is 11.1 Å². The third-order valence-electron chi connectivity index (χ3n) is 2.23. The number of aliphatic hydroxyl groups excluding tert-OH is 1. The highest BCUT2D eigenvalue weighted by Gasteiger charge is 2.29. The molecular weight excluding hydrogens is 184 g/mol. The molecule has 0 aliphatic carbocycles. The smallest absolute Gasteiger partial charge is 0.249 e. The van der Waals surface area contributed by atoms with Gasteiger partial charge in [-0.3, -0.25) is 4.79 Å². The van der Waals surface area contributed by atoms with E-state index < -0.39 is 6.10 Å². The lowest BCUT2D eigenvalue weighted by Gasteiger charge is -2.13. The molecule has 2 unspecified atom stereocenters. The normalized spacial score (nSPS) is 28.8. The van der Waals surface area contributed by atoms with E-state index in [4.69, 9.17) is 15.6 Å². The highest BCUT2D eigenvalue weighted by Crippen LogP contribution is 2.18. The molecular formula is C9H18N2O3. The number of amides is 1. The maximum Gasteiger partial charge on any atom is 0.249 e. The first-order valence-electron chi connectivity index (χ1n) is 4.94. The molecule has 0 spiro atoms. The molecule has 14 heavy (non-hydrogen) atoms. The summed E-state index contributed by atoms with van der Waals surface area (Å²) >= 11 is 0. The molecule has 1 rings (SSSR count). The summed E-state index contributed by atoms with van der Waals surface area (Å²) < 4.78 is 5.39. The third-order valence-corrected chi connectivity index (χ3v) is 2.23. The average Bonchev–Trinajstić information content (AvgIpc) is 2.62. The Morgan fingerprint density at radius 2 is 2.43 bits per heavy atom. The number of rotatable bonds is 4. The van der Waals surface area contributed by atoms with Gasteiger partial charge >= 0.3 is 0 Å². The van der Waals surface area contributed by atoms with Crippen LogP contribution in [0.25, 0.3) is 0 Å². The van der Waals surface area contributed by atoms with Crippen molar-refractivity contribution < 1.29 is 14.6 Å². The predicted molar refractivity (Wildman–Crippen MR) is 51.6 cm³/mol. The molecule has 1 fully saturated rings. The van der Waals surface area contributed by atoms with Gasteiger partial charge in [0.15, 0.2) is 0 Å². The Morgan fingerprint density at radius 1 is 1.71 bits per heavy atom. The lowest BCUT2D eigenvalue weighted by Crippen LogP contribution is -2.38. The predicted octanol–water partition coefficient (Wildman–Crippen LogP) is -1.01. The molecule has 5 nitrogen and oxygen atoms in total. The van der Waals surface area contributed by atoms with Crippen LogP contribution in [0.4, 0.5) is 0 Å². The molecule has 5 heteroatoms. The highest BCUT2D eigenvalue weighted by atomic mass is 16.5. The van der Waals surface area contributed by atoms with Crippen LogP contribution >= 0.6 is 0 Å². The SMILES string of the molecule is C[C@H](O)CNC(=O)C1CCC(CN)O1. The maximum atomic E-state index is 11.4. The number of nitrogens with two attached hydrogens (primary N) is 1. The second-order valence-corrected chi connectivity index (χ2v) is 3.65. The van der Waals surface area contributed by atoms with Gasteiger partial charge in [0.1, 0.15) is 6.10 Å². The van der Waals surface area contributed by atoms with E-state index in [0.29, 0.717) is 13.0 Å². The molecule has 1 amide bonds. The molecule has 1 saturated heterocycles. The summed E-state index contributed by atoms with van der Waals surface area (Å²) in [5, 5.41) is 11.6. The molecule has 1 heterocycles. The van der Waals surface area contributed by atoms with Crippen LogP contribution in [-0.2, 0) is 9.53 Å². The zero-order chi connectivity index (χ0) is 10.6. The van der Waals surface area contributed by atoms with E-state index in [0.717, 1.165) is 6.42 Å². The molecule has 0 aromatic rings. The molecule has 4 N–H and O–H groups in total.